The molecule has 37 heavy (non-hydrogen) atoms. The zero-order chi connectivity index (χ0) is 28.2. The molecule has 6 nitrogen and oxygen atoms in total. The van der Waals surface area contributed by atoms with Crippen molar-refractivity contribution in [2.24, 2.45) is 17.8 Å². The van der Waals surface area contributed by atoms with Crippen LogP contribution < -0.4 is 15.3 Å². The van der Waals surface area contributed by atoms with Gasteiger partial charge in [0.1, 0.15) is 0 Å². The molecule has 7 heteroatoms. The Morgan fingerprint density at radius 2 is 0.649 bits per heavy atom. The van der Waals surface area contributed by atoms with Crippen molar-refractivity contribution in [3.05, 3.63) is 0 Å². The van der Waals surface area contributed by atoms with E-state index in [1.807, 2.05) is 20.8 Å². The molecule has 3 unspecified atom stereocenters. The molecule has 0 aromatic carbocycles. The molecule has 0 aliphatic heterocycles. The van der Waals surface area contributed by atoms with Crippen molar-refractivity contribution in [1.82, 2.24) is 0 Å². The standard InChI is InChI=1S/3C10H20O2.La/c3*1-3-5-6-7-8-9(4-2)10(11)12;/h3*9H,3-8H2,1-2H3,(H,11,12);/q;;;+3/p-3. The van der Waals surface area contributed by atoms with E-state index in [1.165, 1.54) is 38.5 Å². The first-order chi connectivity index (χ1) is 17.2. The van der Waals surface area contributed by atoms with Gasteiger partial charge in [0.2, 0.25) is 0 Å². The zero-order valence-corrected chi connectivity index (χ0v) is 28.6. The Hall–Kier alpha value is -0.395. The van der Waals surface area contributed by atoms with Gasteiger partial charge in [-0.3, -0.25) is 0 Å². The first-order valence-electron chi connectivity index (χ1n) is 14.8. The zero-order valence-electron chi connectivity index (χ0n) is 25.0. The molecule has 0 fully saturated rings. The number of unbranched alkanes of at least 4 members (excludes halogenated alkanes) is 9. The van der Waals surface area contributed by atoms with Crippen LogP contribution in [0.25, 0.3) is 0 Å². The molecule has 0 aromatic rings. The predicted octanol–water partition coefficient (Wildman–Crippen LogP) is 5.20. The average molecular weight is 653 g/mol. The molecule has 3 atom stereocenters. The molecule has 0 saturated carbocycles. The fraction of sp³-hybridized carbons (Fsp3) is 0.900. The summed E-state index contributed by atoms with van der Waals surface area (Å²) in [6.07, 6.45) is 18.2. The van der Waals surface area contributed by atoms with Crippen LogP contribution in [-0.4, -0.2) is 17.9 Å². The minimum absolute atomic E-state index is 0. The van der Waals surface area contributed by atoms with Crippen molar-refractivity contribution in [1.29, 1.82) is 0 Å². The van der Waals surface area contributed by atoms with Gasteiger partial charge in [0.25, 0.3) is 0 Å². The average Bonchev–Trinajstić information content (AvgIpc) is 2.84. The Kier molecular flexibility index (Phi) is 39.7. The summed E-state index contributed by atoms with van der Waals surface area (Å²) >= 11 is 0. The third-order valence-corrected chi connectivity index (χ3v) is 6.70. The first-order valence-corrected chi connectivity index (χ1v) is 14.8. The van der Waals surface area contributed by atoms with Gasteiger partial charge in [-0.15, -0.1) is 0 Å². The second-order valence-corrected chi connectivity index (χ2v) is 9.82. The summed E-state index contributed by atoms with van der Waals surface area (Å²) in [4.78, 5) is 31.4. The van der Waals surface area contributed by atoms with Gasteiger partial charge in [-0.05, 0) is 56.3 Å². The number of rotatable bonds is 21. The molecule has 0 amide bonds. The monoisotopic (exact) mass is 652 g/mol. The molecule has 0 N–H and O–H groups in total. The van der Waals surface area contributed by atoms with Gasteiger partial charge in [0.15, 0.2) is 0 Å². The summed E-state index contributed by atoms with van der Waals surface area (Å²) in [6.45, 7) is 12.2. The second-order valence-electron chi connectivity index (χ2n) is 9.82. The molecule has 0 bridgehead atoms. The summed E-state index contributed by atoms with van der Waals surface area (Å²) in [5.74, 6) is -3.30. The van der Waals surface area contributed by atoms with Gasteiger partial charge in [0.05, 0.1) is 0 Å². The van der Waals surface area contributed by atoms with E-state index in [2.05, 4.69) is 20.8 Å². The van der Waals surface area contributed by atoms with Crippen molar-refractivity contribution in [2.75, 3.05) is 0 Å². The van der Waals surface area contributed by atoms with Gasteiger partial charge in [-0.2, -0.15) is 0 Å². The normalized spacial score (nSPS) is 12.5. The topological polar surface area (TPSA) is 120 Å². The number of carbonyl (C=O) groups excluding carboxylic acids is 3. The largest absolute Gasteiger partial charge is 3.00 e. The molecule has 0 aliphatic carbocycles. The Morgan fingerprint density at radius 3 is 0.784 bits per heavy atom. The molecule has 0 rings (SSSR count). The number of aliphatic carboxylic acids is 3. The van der Waals surface area contributed by atoms with Crippen LogP contribution in [0.15, 0.2) is 0 Å². The fourth-order valence-corrected chi connectivity index (χ4v) is 3.92. The van der Waals surface area contributed by atoms with Gasteiger partial charge in [0, 0.05) is 17.9 Å². The summed E-state index contributed by atoms with van der Waals surface area (Å²) in [7, 11) is 0. The predicted molar refractivity (Wildman–Crippen MR) is 143 cm³/mol. The molecule has 0 saturated heterocycles. The van der Waals surface area contributed by atoms with Crippen LogP contribution >= 0.6 is 0 Å². The van der Waals surface area contributed by atoms with Gasteiger partial charge in [-0.1, -0.05) is 119 Å². The van der Waals surface area contributed by atoms with E-state index < -0.39 is 17.9 Å². The molecule has 216 valence electrons. The van der Waals surface area contributed by atoms with Gasteiger partial charge >= 0.3 is 35.6 Å². The third kappa shape index (κ3) is 31.7. The van der Waals surface area contributed by atoms with E-state index in [4.69, 9.17) is 0 Å². The molecular weight excluding hydrogens is 595 g/mol. The van der Waals surface area contributed by atoms with E-state index >= 15 is 0 Å². The summed E-state index contributed by atoms with van der Waals surface area (Å²) in [6, 6.07) is 0. The van der Waals surface area contributed by atoms with Crippen LogP contribution in [0.4, 0.5) is 0 Å². The summed E-state index contributed by atoms with van der Waals surface area (Å²) in [5.41, 5.74) is 0. The minimum Gasteiger partial charge on any atom is -0.550 e. The van der Waals surface area contributed by atoms with Crippen molar-refractivity contribution in [2.45, 2.75) is 157 Å². The van der Waals surface area contributed by atoms with Crippen molar-refractivity contribution in [3.63, 3.8) is 0 Å². The van der Waals surface area contributed by atoms with Crippen molar-refractivity contribution >= 4 is 17.9 Å². The number of hydrogen-bond acceptors (Lipinski definition) is 6. The Balaban J connectivity index is -0.000000218. The maximum absolute atomic E-state index is 10.5. The van der Waals surface area contributed by atoms with Gasteiger partial charge < -0.3 is 29.7 Å². The minimum atomic E-state index is -0.881. The van der Waals surface area contributed by atoms with E-state index in [0.29, 0.717) is 19.3 Å². The second kappa shape index (κ2) is 33.6. The fourth-order valence-electron chi connectivity index (χ4n) is 3.92. The van der Waals surface area contributed by atoms with Crippen molar-refractivity contribution in [3.8, 4) is 0 Å². The molecule has 0 aliphatic rings. The van der Waals surface area contributed by atoms with Crippen LogP contribution in [0.1, 0.15) is 157 Å². The van der Waals surface area contributed by atoms with E-state index in [1.54, 1.807) is 0 Å². The third-order valence-electron chi connectivity index (χ3n) is 6.70. The van der Waals surface area contributed by atoms with Crippen LogP contribution in [0, 0.1) is 53.4 Å². The number of carboxylic acid groups (broad SMARTS) is 3. The summed E-state index contributed by atoms with van der Waals surface area (Å²) < 4.78 is 0. The maximum Gasteiger partial charge on any atom is 3.00 e. The van der Waals surface area contributed by atoms with E-state index in [9.17, 15) is 29.7 Å². The Labute approximate surface area is 256 Å². The van der Waals surface area contributed by atoms with Crippen LogP contribution in [0.5, 0.6) is 0 Å². The number of hydrogen-bond donors (Lipinski definition) is 0. The first kappa shape index (κ1) is 43.7. The number of carbonyl (C=O) groups is 3. The van der Waals surface area contributed by atoms with Crippen LogP contribution in [-0.2, 0) is 14.4 Å². The van der Waals surface area contributed by atoms with E-state index in [0.717, 1.165) is 57.8 Å². The smallest absolute Gasteiger partial charge is 0.550 e. The maximum atomic E-state index is 10.5. The number of carboxylic acids is 3. The van der Waals surface area contributed by atoms with Crippen LogP contribution in [0.3, 0.4) is 0 Å². The molecule has 0 radical (unpaired) electrons. The van der Waals surface area contributed by atoms with E-state index in [-0.39, 0.29) is 53.4 Å². The van der Waals surface area contributed by atoms with Gasteiger partial charge in [-0.25, -0.2) is 0 Å². The SMILES string of the molecule is CCCCCCC(CC)C(=O)[O-].CCCCCCC(CC)C(=O)[O-].CCCCCCC(CC)C(=O)[O-].[La+3]. The quantitative estimate of drug-likeness (QED) is 0.157. The Morgan fingerprint density at radius 1 is 0.432 bits per heavy atom. The summed E-state index contributed by atoms with van der Waals surface area (Å²) in [5, 5.41) is 31.4. The Bertz CT molecular complexity index is 441. The molecular formula is C30H57LaO6. The molecule has 0 aromatic heterocycles. The van der Waals surface area contributed by atoms with Crippen LogP contribution in [0.2, 0.25) is 0 Å². The molecule has 0 spiro atoms. The molecule has 0 heterocycles. The van der Waals surface area contributed by atoms with Crippen molar-refractivity contribution < 1.29 is 65.3 Å².